The summed E-state index contributed by atoms with van der Waals surface area (Å²) in [6.07, 6.45) is 3.85. The van der Waals surface area contributed by atoms with Crippen molar-refractivity contribution >= 4 is 22.0 Å². The van der Waals surface area contributed by atoms with Crippen LogP contribution in [0.2, 0.25) is 0 Å². The molecule has 0 aromatic carbocycles. The number of methoxy groups -OCH3 is 1. The molecule has 9 nitrogen and oxygen atoms in total. The van der Waals surface area contributed by atoms with Crippen LogP contribution in [0.1, 0.15) is 80.1 Å². The first-order valence-corrected chi connectivity index (χ1v) is 15.2. The third-order valence-corrected chi connectivity index (χ3v) is 11.1. The minimum Gasteiger partial charge on any atom is -0.447 e. The number of fused-ring (bicyclic) bond motifs is 1. The average molecular weight is 530 g/mol. The molecule has 0 aromatic heterocycles. The van der Waals surface area contributed by atoms with Crippen molar-refractivity contribution in [1.29, 1.82) is 0 Å². The molecule has 1 heterocycles. The number of carbonyl (C=O) groups excluding carboxylic acids is 2. The Morgan fingerprint density at radius 1 is 1.00 bits per heavy atom. The molecular formula is C26H47N3O6S. The van der Waals surface area contributed by atoms with E-state index in [0.29, 0.717) is 32.5 Å². The maximum absolute atomic E-state index is 13.5. The van der Waals surface area contributed by atoms with Gasteiger partial charge in [0.25, 0.3) is 0 Å². The number of amides is 2. The largest absolute Gasteiger partial charge is 0.447 e. The normalized spacial score (nSPS) is 33.5. The summed E-state index contributed by atoms with van der Waals surface area (Å²) in [6.45, 7) is 12.4. The molecule has 3 fully saturated rings. The van der Waals surface area contributed by atoms with E-state index < -0.39 is 15.3 Å². The smallest absolute Gasteiger partial charge is 0.410 e. The van der Waals surface area contributed by atoms with Gasteiger partial charge in [-0.1, -0.05) is 13.8 Å². The number of hydrogen-bond acceptors (Lipinski definition) is 6. The topological polar surface area (TPSA) is 96.5 Å². The van der Waals surface area contributed by atoms with E-state index in [2.05, 4.69) is 0 Å². The Labute approximate surface area is 217 Å². The minimum absolute atomic E-state index is 0.0345. The van der Waals surface area contributed by atoms with Gasteiger partial charge in [-0.05, 0) is 71.1 Å². The van der Waals surface area contributed by atoms with Crippen LogP contribution in [0.15, 0.2) is 0 Å². The second kappa shape index (κ2) is 12.0. The second-order valence-corrected chi connectivity index (χ2v) is 13.2. The highest BCUT2D eigenvalue weighted by Crippen LogP contribution is 2.44. The maximum atomic E-state index is 13.5. The van der Waals surface area contributed by atoms with Crippen LogP contribution in [0.5, 0.6) is 0 Å². The lowest BCUT2D eigenvalue weighted by atomic mass is 9.69. The maximum Gasteiger partial charge on any atom is 0.410 e. The first kappa shape index (κ1) is 29.2. The van der Waals surface area contributed by atoms with Crippen molar-refractivity contribution in [2.45, 2.75) is 116 Å². The Kier molecular flexibility index (Phi) is 9.71. The molecule has 3 aliphatic rings. The average Bonchev–Trinajstić information content (AvgIpc) is 2.82. The Morgan fingerprint density at radius 3 is 2.17 bits per heavy atom. The third kappa shape index (κ3) is 5.85. The summed E-state index contributed by atoms with van der Waals surface area (Å²) in [5, 5.41) is -0.555. The highest BCUT2D eigenvalue weighted by atomic mass is 32.2. The summed E-state index contributed by atoms with van der Waals surface area (Å²) in [5.74, 6) is 0.564. The minimum atomic E-state index is -3.47. The molecule has 0 aromatic rings. The van der Waals surface area contributed by atoms with Gasteiger partial charge in [-0.2, -0.15) is 0 Å². The molecule has 0 N–H and O–H groups in total. The summed E-state index contributed by atoms with van der Waals surface area (Å²) in [6, 6.07) is -0.221. The van der Waals surface area contributed by atoms with Gasteiger partial charge in [0.05, 0.1) is 24.3 Å². The number of sulfonamides is 1. The predicted octanol–water partition coefficient (Wildman–Crippen LogP) is 3.48. The quantitative estimate of drug-likeness (QED) is 0.501. The standard InChI is InChI=1S/C26H47N3O6S/c1-8-27(9-2)36(32,33)25-15-21(11-13-24(25)34-7)20-10-12-22-23(14-20)28(26(31)35-17(3)4)16-18(5)29(22)19(6)30/h17-18,20-25H,8-16H2,1-7H3/t18-,20?,21?,22?,23?,24?,25?/m0/s1. The third-order valence-electron chi connectivity index (χ3n) is 8.64. The van der Waals surface area contributed by atoms with Crippen LogP contribution in [0.3, 0.4) is 0 Å². The van der Waals surface area contributed by atoms with Crippen LogP contribution in [-0.4, -0.2) is 96.9 Å². The fourth-order valence-electron chi connectivity index (χ4n) is 7.03. The van der Waals surface area contributed by atoms with E-state index in [9.17, 15) is 18.0 Å². The summed E-state index contributed by atoms with van der Waals surface area (Å²) >= 11 is 0. The van der Waals surface area contributed by atoms with Gasteiger partial charge in [-0.15, -0.1) is 0 Å². The van der Waals surface area contributed by atoms with E-state index >= 15 is 0 Å². The number of piperazine rings is 1. The van der Waals surface area contributed by atoms with E-state index in [-0.39, 0.29) is 54.2 Å². The highest BCUT2D eigenvalue weighted by molar-refractivity contribution is 7.89. The van der Waals surface area contributed by atoms with Crippen molar-refractivity contribution in [2.24, 2.45) is 11.8 Å². The lowest BCUT2D eigenvalue weighted by molar-refractivity contribution is -0.143. The second-order valence-electron chi connectivity index (χ2n) is 11.1. The number of carbonyl (C=O) groups is 2. The Balaban J connectivity index is 1.84. The molecule has 6 unspecified atom stereocenters. The van der Waals surface area contributed by atoms with Crippen LogP contribution in [-0.2, 0) is 24.3 Å². The van der Waals surface area contributed by atoms with Crippen molar-refractivity contribution in [3.63, 3.8) is 0 Å². The molecule has 1 saturated heterocycles. The highest BCUT2D eigenvalue weighted by Gasteiger charge is 2.50. The van der Waals surface area contributed by atoms with Crippen molar-refractivity contribution in [1.82, 2.24) is 14.1 Å². The SMILES string of the molecule is CCN(CC)S(=O)(=O)C1CC(C2CCC3C(C2)N(C(=O)OC(C)C)C[C@H](C)N3C(C)=O)CCC1OC. The fraction of sp³-hybridized carbons (Fsp3) is 0.923. The zero-order chi connectivity index (χ0) is 26.8. The van der Waals surface area contributed by atoms with Gasteiger partial charge in [0.1, 0.15) is 5.25 Å². The van der Waals surface area contributed by atoms with Gasteiger partial charge >= 0.3 is 6.09 Å². The van der Waals surface area contributed by atoms with Crippen LogP contribution in [0, 0.1) is 11.8 Å². The van der Waals surface area contributed by atoms with Gasteiger partial charge in [0.15, 0.2) is 0 Å². The number of hydrogen-bond donors (Lipinski definition) is 0. The molecule has 0 spiro atoms. The van der Waals surface area contributed by atoms with Crippen LogP contribution in [0.4, 0.5) is 4.79 Å². The zero-order valence-corrected chi connectivity index (χ0v) is 24.0. The van der Waals surface area contributed by atoms with Gasteiger partial charge in [-0.25, -0.2) is 17.5 Å². The molecule has 2 aliphatic carbocycles. The Hall–Kier alpha value is -1.39. The lowest BCUT2D eigenvalue weighted by Gasteiger charge is -2.54. The first-order chi connectivity index (χ1) is 17.0. The van der Waals surface area contributed by atoms with Crippen LogP contribution in [0.25, 0.3) is 0 Å². The first-order valence-electron chi connectivity index (χ1n) is 13.7. The molecule has 1 aliphatic heterocycles. The molecule has 7 atom stereocenters. The molecule has 3 rings (SSSR count). The van der Waals surface area contributed by atoms with E-state index in [1.807, 2.05) is 44.4 Å². The molecule has 2 saturated carbocycles. The fourth-order valence-corrected chi connectivity index (χ4v) is 9.25. The molecule has 0 bridgehead atoms. The van der Waals surface area contributed by atoms with Crippen molar-refractivity contribution in [2.75, 3.05) is 26.7 Å². The van der Waals surface area contributed by atoms with Crippen molar-refractivity contribution in [3.8, 4) is 0 Å². The molecular weight excluding hydrogens is 482 g/mol. The lowest BCUT2D eigenvalue weighted by Crippen LogP contribution is -2.67. The van der Waals surface area contributed by atoms with Gasteiger partial charge in [-0.3, -0.25) is 4.79 Å². The van der Waals surface area contributed by atoms with Gasteiger partial charge < -0.3 is 19.3 Å². The molecule has 208 valence electrons. The van der Waals surface area contributed by atoms with E-state index in [1.165, 1.54) is 0 Å². The molecule has 10 heteroatoms. The van der Waals surface area contributed by atoms with Crippen molar-refractivity contribution in [3.05, 3.63) is 0 Å². The molecule has 0 radical (unpaired) electrons. The Morgan fingerprint density at radius 2 is 1.61 bits per heavy atom. The van der Waals surface area contributed by atoms with E-state index in [4.69, 9.17) is 9.47 Å². The van der Waals surface area contributed by atoms with E-state index in [1.54, 1.807) is 18.3 Å². The Bertz CT molecular complexity index is 877. The molecule has 2 amide bonds. The summed E-state index contributed by atoms with van der Waals surface area (Å²) in [7, 11) is -1.86. The van der Waals surface area contributed by atoms with Gasteiger partial charge in [0.2, 0.25) is 15.9 Å². The summed E-state index contributed by atoms with van der Waals surface area (Å²) < 4.78 is 39.8. The summed E-state index contributed by atoms with van der Waals surface area (Å²) in [5.41, 5.74) is 0. The number of ether oxygens (including phenoxy) is 2. The number of nitrogens with zero attached hydrogens (tertiary/aromatic N) is 3. The van der Waals surface area contributed by atoms with E-state index in [0.717, 1.165) is 25.7 Å². The monoisotopic (exact) mass is 529 g/mol. The summed E-state index contributed by atoms with van der Waals surface area (Å²) in [4.78, 5) is 29.4. The van der Waals surface area contributed by atoms with Crippen LogP contribution < -0.4 is 0 Å². The van der Waals surface area contributed by atoms with Crippen LogP contribution >= 0.6 is 0 Å². The van der Waals surface area contributed by atoms with Gasteiger partial charge in [0, 0.05) is 39.7 Å². The zero-order valence-electron chi connectivity index (χ0n) is 23.2. The van der Waals surface area contributed by atoms with Crippen molar-refractivity contribution < 1.29 is 27.5 Å². The predicted molar refractivity (Wildman–Crippen MR) is 139 cm³/mol. The molecule has 36 heavy (non-hydrogen) atoms. The number of rotatable bonds is 7.